The average Bonchev–Trinajstić information content (AvgIpc) is 2.38. The van der Waals surface area contributed by atoms with E-state index in [9.17, 15) is 4.39 Å². The van der Waals surface area contributed by atoms with Gasteiger partial charge in [0.25, 0.3) is 0 Å². The van der Waals surface area contributed by atoms with E-state index in [0.717, 1.165) is 11.6 Å². The van der Waals surface area contributed by atoms with Crippen LogP contribution in [-0.2, 0) is 6.61 Å². The minimum absolute atomic E-state index is 0.111. The molecular formula is C15H22FNO. The van der Waals surface area contributed by atoms with E-state index in [1.165, 1.54) is 31.7 Å². The second kappa shape index (κ2) is 5.70. The van der Waals surface area contributed by atoms with Gasteiger partial charge in [0.1, 0.15) is 5.82 Å². The molecule has 1 aromatic carbocycles. The van der Waals surface area contributed by atoms with Gasteiger partial charge in [-0.05, 0) is 55.4 Å². The molecule has 18 heavy (non-hydrogen) atoms. The molecule has 1 aliphatic carbocycles. The fourth-order valence-electron chi connectivity index (χ4n) is 2.77. The number of aliphatic hydroxyl groups excluding tert-OH is 1. The largest absolute Gasteiger partial charge is 0.392 e. The van der Waals surface area contributed by atoms with Crippen LogP contribution in [0.5, 0.6) is 0 Å². The summed E-state index contributed by atoms with van der Waals surface area (Å²) in [7, 11) is 2.02. The van der Waals surface area contributed by atoms with Crippen molar-refractivity contribution in [3.63, 3.8) is 0 Å². The molecule has 1 saturated carbocycles. The van der Waals surface area contributed by atoms with Crippen LogP contribution in [0.1, 0.15) is 38.2 Å². The average molecular weight is 251 g/mol. The molecule has 100 valence electrons. The van der Waals surface area contributed by atoms with Crippen LogP contribution in [0.25, 0.3) is 0 Å². The summed E-state index contributed by atoms with van der Waals surface area (Å²) in [6.45, 7) is 2.18. The summed E-state index contributed by atoms with van der Waals surface area (Å²) in [6, 6.07) is 5.31. The predicted molar refractivity (Wildman–Crippen MR) is 72.1 cm³/mol. The van der Waals surface area contributed by atoms with Crippen molar-refractivity contribution in [2.45, 2.75) is 45.3 Å². The minimum atomic E-state index is -0.271. The molecule has 1 aliphatic rings. The molecule has 0 heterocycles. The van der Waals surface area contributed by atoms with E-state index in [1.54, 1.807) is 6.07 Å². The zero-order valence-electron chi connectivity index (χ0n) is 11.2. The van der Waals surface area contributed by atoms with E-state index >= 15 is 0 Å². The summed E-state index contributed by atoms with van der Waals surface area (Å²) in [5, 5.41) is 9.13. The van der Waals surface area contributed by atoms with Crippen molar-refractivity contribution >= 4 is 5.69 Å². The van der Waals surface area contributed by atoms with Crippen LogP contribution in [0.3, 0.4) is 0 Å². The predicted octanol–water partition coefficient (Wildman–Crippen LogP) is 3.33. The Hall–Kier alpha value is -1.09. The van der Waals surface area contributed by atoms with Gasteiger partial charge in [0.05, 0.1) is 6.61 Å². The number of rotatable bonds is 3. The Morgan fingerprint density at radius 3 is 2.50 bits per heavy atom. The van der Waals surface area contributed by atoms with Gasteiger partial charge in [-0.2, -0.15) is 0 Å². The van der Waals surface area contributed by atoms with Gasteiger partial charge < -0.3 is 10.0 Å². The minimum Gasteiger partial charge on any atom is -0.392 e. The Morgan fingerprint density at radius 1 is 1.22 bits per heavy atom. The monoisotopic (exact) mass is 251 g/mol. The molecule has 0 radical (unpaired) electrons. The lowest BCUT2D eigenvalue weighted by Crippen LogP contribution is -2.34. The molecule has 0 atom stereocenters. The Kier molecular flexibility index (Phi) is 4.23. The fourth-order valence-corrected chi connectivity index (χ4v) is 2.77. The van der Waals surface area contributed by atoms with Crippen molar-refractivity contribution in [3.05, 3.63) is 29.6 Å². The van der Waals surface area contributed by atoms with Crippen molar-refractivity contribution in [1.82, 2.24) is 0 Å². The first kappa shape index (κ1) is 13.3. The Balaban J connectivity index is 2.12. The highest BCUT2D eigenvalue weighted by Crippen LogP contribution is 2.30. The van der Waals surface area contributed by atoms with Crippen molar-refractivity contribution in [1.29, 1.82) is 0 Å². The molecule has 0 amide bonds. The number of benzene rings is 1. The van der Waals surface area contributed by atoms with Gasteiger partial charge >= 0.3 is 0 Å². The standard InChI is InChI=1S/C15H22FNO/c1-11-3-5-14(6-4-11)17(2)15-8-12(10-18)7-13(16)9-15/h7-9,11,14,18H,3-6,10H2,1-2H3. The van der Waals surface area contributed by atoms with Gasteiger partial charge in [-0.15, -0.1) is 0 Å². The second-order valence-corrected chi connectivity index (χ2v) is 5.50. The van der Waals surface area contributed by atoms with Crippen LogP contribution < -0.4 is 4.90 Å². The normalized spacial score (nSPS) is 24.0. The lowest BCUT2D eigenvalue weighted by molar-refractivity contribution is 0.281. The molecule has 0 spiro atoms. The Morgan fingerprint density at radius 2 is 1.89 bits per heavy atom. The van der Waals surface area contributed by atoms with Crippen LogP contribution >= 0.6 is 0 Å². The molecule has 2 rings (SSSR count). The van der Waals surface area contributed by atoms with Gasteiger partial charge in [0.2, 0.25) is 0 Å². The third-order valence-electron chi connectivity index (χ3n) is 4.07. The molecule has 2 nitrogen and oxygen atoms in total. The summed E-state index contributed by atoms with van der Waals surface area (Å²) in [6.07, 6.45) is 4.83. The van der Waals surface area contributed by atoms with Gasteiger partial charge in [0, 0.05) is 18.8 Å². The van der Waals surface area contributed by atoms with Crippen LogP contribution in [0.2, 0.25) is 0 Å². The van der Waals surface area contributed by atoms with Gasteiger partial charge in [0.15, 0.2) is 0 Å². The Labute approximate surface area is 108 Å². The highest BCUT2D eigenvalue weighted by molar-refractivity contribution is 5.49. The van der Waals surface area contributed by atoms with Crippen LogP contribution in [0.4, 0.5) is 10.1 Å². The maximum absolute atomic E-state index is 13.5. The number of anilines is 1. The number of aliphatic hydroxyl groups is 1. The van der Waals surface area contributed by atoms with Crippen molar-refractivity contribution in [2.75, 3.05) is 11.9 Å². The van der Waals surface area contributed by atoms with E-state index in [0.29, 0.717) is 11.6 Å². The van der Waals surface area contributed by atoms with Gasteiger partial charge in [-0.1, -0.05) is 6.92 Å². The van der Waals surface area contributed by atoms with Gasteiger partial charge in [-0.25, -0.2) is 4.39 Å². The van der Waals surface area contributed by atoms with E-state index in [-0.39, 0.29) is 12.4 Å². The summed E-state index contributed by atoms with van der Waals surface area (Å²) in [5.74, 6) is 0.544. The molecule has 0 saturated heterocycles. The summed E-state index contributed by atoms with van der Waals surface area (Å²) < 4.78 is 13.5. The maximum atomic E-state index is 13.5. The molecular weight excluding hydrogens is 229 g/mol. The maximum Gasteiger partial charge on any atom is 0.125 e. The molecule has 0 aromatic heterocycles. The molecule has 0 bridgehead atoms. The molecule has 1 aromatic rings. The second-order valence-electron chi connectivity index (χ2n) is 5.50. The number of halogens is 1. The lowest BCUT2D eigenvalue weighted by Gasteiger charge is -2.35. The van der Waals surface area contributed by atoms with E-state index in [2.05, 4.69) is 11.8 Å². The van der Waals surface area contributed by atoms with E-state index in [1.807, 2.05) is 13.1 Å². The smallest absolute Gasteiger partial charge is 0.125 e. The fraction of sp³-hybridized carbons (Fsp3) is 0.600. The highest BCUT2D eigenvalue weighted by Gasteiger charge is 2.22. The summed E-state index contributed by atoms with van der Waals surface area (Å²) in [4.78, 5) is 2.16. The van der Waals surface area contributed by atoms with E-state index < -0.39 is 0 Å². The van der Waals surface area contributed by atoms with Crippen molar-refractivity contribution < 1.29 is 9.50 Å². The van der Waals surface area contributed by atoms with Crippen LogP contribution in [-0.4, -0.2) is 18.2 Å². The molecule has 1 fully saturated rings. The summed E-state index contributed by atoms with van der Waals surface area (Å²) >= 11 is 0. The molecule has 0 unspecified atom stereocenters. The van der Waals surface area contributed by atoms with Gasteiger partial charge in [-0.3, -0.25) is 0 Å². The third kappa shape index (κ3) is 3.02. The molecule has 0 aliphatic heterocycles. The van der Waals surface area contributed by atoms with Crippen LogP contribution in [0.15, 0.2) is 18.2 Å². The van der Waals surface area contributed by atoms with E-state index in [4.69, 9.17) is 5.11 Å². The van der Waals surface area contributed by atoms with Crippen molar-refractivity contribution in [3.8, 4) is 0 Å². The lowest BCUT2D eigenvalue weighted by atomic mass is 9.86. The zero-order valence-corrected chi connectivity index (χ0v) is 11.2. The number of hydrogen-bond donors (Lipinski definition) is 1. The first-order valence-electron chi connectivity index (χ1n) is 6.73. The number of nitrogens with zero attached hydrogens (tertiary/aromatic N) is 1. The Bertz CT molecular complexity index is 399. The first-order valence-corrected chi connectivity index (χ1v) is 6.73. The first-order chi connectivity index (χ1) is 8.60. The molecule has 1 N–H and O–H groups in total. The zero-order chi connectivity index (χ0) is 13.1. The highest BCUT2D eigenvalue weighted by atomic mass is 19.1. The third-order valence-corrected chi connectivity index (χ3v) is 4.07. The van der Waals surface area contributed by atoms with Crippen molar-refractivity contribution in [2.24, 2.45) is 5.92 Å². The topological polar surface area (TPSA) is 23.5 Å². The number of hydrogen-bond acceptors (Lipinski definition) is 2. The SMILES string of the molecule is CC1CCC(N(C)c2cc(F)cc(CO)c2)CC1. The summed E-state index contributed by atoms with van der Waals surface area (Å²) in [5.41, 5.74) is 1.51. The quantitative estimate of drug-likeness (QED) is 0.890. The van der Waals surface area contributed by atoms with Crippen LogP contribution in [0, 0.1) is 11.7 Å². The molecule has 3 heteroatoms.